The van der Waals surface area contributed by atoms with E-state index in [0.717, 1.165) is 0 Å². The average molecular weight is 173 g/mol. The minimum Gasteiger partial charge on any atom is -0.394 e. The number of azide groups is 1. The second-order valence-corrected chi connectivity index (χ2v) is 2.75. The Morgan fingerprint density at radius 3 is 2.75 bits per heavy atom. The number of ether oxygens (including phenoxy) is 1. The van der Waals surface area contributed by atoms with Crippen molar-refractivity contribution in [1.82, 2.24) is 0 Å². The van der Waals surface area contributed by atoms with Crippen LogP contribution in [-0.2, 0) is 4.74 Å². The number of hydrogen-bond donors (Lipinski definition) is 2. The maximum Gasteiger partial charge on any atom is 0.107 e. The average Bonchev–Trinajstić information content (AvgIpc) is 2.32. The van der Waals surface area contributed by atoms with Crippen LogP contribution >= 0.6 is 0 Å². The molecule has 4 atom stereocenters. The predicted octanol–water partition coefficient (Wildman–Crippen LogP) is -0.194. The fraction of sp³-hybridized carbons (Fsp3) is 1.00. The Morgan fingerprint density at radius 2 is 2.33 bits per heavy atom. The summed E-state index contributed by atoms with van der Waals surface area (Å²) < 4.78 is 5.12. The lowest BCUT2D eigenvalue weighted by molar-refractivity contribution is -0.0170. The Bertz CT molecular complexity index is 204. The Labute approximate surface area is 69.4 Å². The SMILES string of the molecule is CC1O[C@H](CO)C(O)C1N=[N+]=[N-]. The summed E-state index contributed by atoms with van der Waals surface area (Å²) in [5.41, 5.74) is 8.15. The topological polar surface area (TPSA) is 98.5 Å². The van der Waals surface area contributed by atoms with Crippen LogP contribution in [0.3, 0.4) is 0 Å². The molecule has 1 aliphatic heterocycles. The first kappa shape index (κ1) is 9.28. The van der Waals surface area contributed by atoms with Gasteiger partial charge in [0.25, 0.3) is 0 Å². The third-order valence-electron chi connectivity index (χ3n) is 1.97. The smallest absolute Gasteiger partial charge is 0.107 e. The lowest BCUT2D eigenvalue weighted by atomic mass is 10.1. The van der Waals surface area contributed by atoms with E-state index >= 15 is 0 Å². The van der Waals surface area contributed by atoms with Crippen molar-refractivity contribution in [3.63, 3.8) is 0 Å². The minimum absolute atomic E-state index is 0.261. The number of rotatable bonds is 2. The molecule has 68 valence electrons. The monoisotopic (exact) mass is 173 g/mol. The summed E-state index contributed by atoms with van der Waals surface area (Å²) >= 11 is 0. The molecule has 1 rings (SSSR count). The van der Waals surface area contributed by atoms with E-state index in [9.17, 15) is 5.11 Å². The van der Waals surface area contributed by atoms with Crippen molar-refractivity contribution in [1.29, 1.82) is 0 Å². The van der Waals surface area contributed by atoms with Crippen molar-refractivity contribution in [2.24, 2.45) is 5.11 Å². The molecule has 0 aromatic rings. The Hall–Kier alpha value is -0.810. The summed E-state index contributed by atoms with van der Waals surface area (Å²) in [6, 6.07) is -0.591. The number of aliphatic hydroxyl groups excluding tert-OH is 2. The van der Waals surface area contributed by atoms with Crippen molar-refractivity contribution in [3.05, 3.63) is 10.4 Å². The van der Waals surface area contributed by atoms with E-state index in [4.69, 9.17) is 15.4 Å². The third kappa shape index (κ3) is 1.51. The molecule has 0 aromatic carbocycles. The van der Waals surface area contributed by atoms with Gasteiger partial charge in [-0.2, -0.15) is 0 Å². The lowest BCUT2D eigenvalue weighted by Crippen LogP contribution is -2.31. The first-order valence-electron chi connectivity index (χ1n) is 3.69. The third-order valence-corrected chi connectivity index (χ3v) is 1.97. The van der Waals surface area contributed by atoms with Gasteiger partial charge >= 0.3 is 0 Å². The molecular weight excluding hydrogens is 162 g/mol. The van der Waals surface area contributed by atoms with E-state index in [1.807, 2.05) is 0 Å². The highest BCUT2D eigenvalue weighted by Crippen LogP contribution is 2.23. The van der Waals surface area contributed by atoms with Gasteiger partial charge in [0.2, 0.25) is 0 Å². The van der Waals surface area contributed by atoms with E-state index in [1.54, 1.807) is 6.92 Å². The van der Waals surface area contributed by atoms with Gasteiger partial charge in [0.05, 0.1) is 24.9 Å². The van der Waals surface area contributed by atoms with Crippen LogP contribution in [0.5, 0.6) is 0 Å². The highest BCUT2D eigenvalue weighted by molar-refractivity contribution is 4.93. The molecular formula is C6H11N3O3. The Kier molecular flexibility index (Phi) is 2.88. The number of nitrogens with zero attached hydrogens (tertiary/aromatic N) is 3. The van der Waals surface area contributed by atoms with Gasteiger partial charge in [-0.1, -0.05) is 5.11 Å². The molecule has 0 aromatic heterocycles. The van der Waals surface area contributed by atoms with Crippen molar-refractivity contribution in [2.75, 3.05) is 6.61 Å². The van der Waals surface area contributed by atoms with Gasteiger partial charge in [-0.15, -0.1) is 0 Å². The zero-order valence-electron chi connectivity index (χ0n) is 6.66. The molecule has 2 N–H and O–H groups in total. The normalized spacial score (nSPS) is 40.9. The number of aliphatic hydroxyl groups is 2. The molecule has 12 heavy (non-hydrogen) atoms. The van der Waals surface area contributed by atoms with Crippen LogP contribution in [0, 0.1) is 0 Å². The first-order chi connectivity index (χ1) is 5.70. The fourth-order valence-corrected chi connectivity index (χ4v) is 1.31. The molecule has 0 aliphatic carbocycles. The Morgan fingerprint density at radius 1 is 1.67 bits per heavy atom. The van der Waals surface area contributed by atoms with Crippen LogP contribution in [0.25, 0.3) is 10.4 Å². The van der Waals surface area contributed by atoms with E-state index in [1.165, 1.54) is 0 Å². The number of hydrogen-bond acceptors (Lipinski definition) is 4. The van der Waals surface area contributed by atoms with Crippen molar-refractivity contribution < 1.29 is 14.9 Å². The summed E-state index contributed by atoms with van der Waals surface area (Å²) in [5, 5.41) is 21.5. The van der Waals surface area contributed by atoms with Gasteiger partial charge in [0.1, 0.15) is 6.10 Å². The molecule has 0 radical (unpaired) electrons. The maximum atomic E-state index is 9.40. The first-order valence-corrected chi connectivity index (χ1v) is 3.69. The van der Waals surface area contributed by atoms with E-state index in [2.05, 4.69) is 10.0 Å². The van der Waals surface area contributed by atoms with Gasteiger partial charge in [-0.05, 0) is 12.5 Å². The van der Waals surface area contributed by atoms with Gasteiger partial charge in [0, 0.05) is 4.91 Å². The summed E-state index contributed by atoms with van der Waals surface area (Å²) in [5.74, 6) is 0. The quantitative estimate of drug-likeness (QED) is 0.344. The Balaban J connectivity index is 2.69. The van der Waals surface area contributed by atoms with E-state index < -0.39 is 18.2 Å². The van der Waals surface area contributed by atoms with Crippen molar-refractivity contribution >= 4 is 0 Å². The molecule has 0 spiro atoms. The van der Waals surface area contributed by atoms with Gasteiger partial charge in [0.15, 0.2) is 0 Å². The molecule has 0 amide bonds. The molecule has 1 fully saturated rings. The zero-order valence-corrected chi connectivity index (χ0v) is 6.66. The minimum atomic E-state index is -0.902. The fourth-order valence-electron chi connectivity index (χ4n) is 1.31. The van der Waals surface area contributed by atoms with Crippen LogP contribution in [0.15, 0.2) is 5.11 Å². The zero-order chi connectivity index (χ0) is 9.14. The van der Waals surface area contributed by atoms with Gasteiger partial charge in [-0.25, -0.2) is 0 Å². The summed E-state index contributed by atoms with van der Waals surface area (Å²) in [4.78, 5) is 2.59. The molecule has 1 aliphatic rings. The van der Waals surface area contributed by atoms with Crippen LogP contribution in [-0.4, -0.2) is 41.2 Å². The van der Waals surface area contributed by atoms with E-state index in [-0.39, 0.29) is 12.7 Å². The van der Waals surface area contributed by atoms with Crippen LogP contribution < -0.4 is 0 Å². The molecule has 0 saturated carbocycles. The lowest BCUT2D eigenvalue weighted by Gasteiger charge is -2.10. The van der Waals surface area contributed by atoms with Crippen LogP contribution in [0.4, 0.5) is 0 Å². The standard InChI is InChI=1S/C6H11N3O3/c1-3-5(8-9-7)6(11)4(2-10)12-3/h3-6,10-11H,2H2,1H3/t3?,4-,5?,6?/m1/s1. The molecule has 1 saturated heterocycles. The molecule has 0 bridgehead atoms. The largest absolute Gasteiger partial charge is 0.394 e. The van der Waals surface area contributed by atoms with Gasteiger partial charge < -0.3 is 14.9 Å². The van der Waals surface area contributed by atoms with E-state index in [0.29, 0.717) is 0 Å². The second-order valence-electron chi connectivity index (χ2n) is 2.75. The molecule has 1 heterocycles. The summed E-state index contributed by atoms with van der Waals surface area (Å²) in [7, 11) is 0. The summed E-state index contributed by atoms with van der Waals surface area (Å²) in [6.45, 7) is 1.43. The van der Waals surface area contributed by atoms with Crippen molar-refractivity contribution in [3.8, 4) is 0 Å². The second kappa shape index (κ2) is 3.73. The highest BCUT2D eigenvalue weighted by Gasteiger charge is 2.40. The maximum absolute atomic E-state index is 9.40. The molecule has 6 heteroatoms. The van der Waals surface area contributed by atoms with Crippen LogP contribution in [0.1, 0.15) is 6.92 Å². The van der Waals surface area contributed by atoms with Crippen molar-refractivity contribution in [2.45, 2.75) is 31.3 Å². The predicted molar refractivity (Wildman–Crippen MR) is 40.4 cm³/mol. The van der Waals surface area contributed by atoms with Crippen LogP contribution in [0.2, 0.25) is 0 Å². The highest BCUT2D eigenvalue weighted by atomic mass is 16.5. The van der Waals surface area contributed by atoms with Gasteiger partial charge in [-0.3, -0.25) is 0 Å². The molecule has 6 nitrogen and oxygen atoms in total. The summed E-state index contributed by atoms with van der Waals surface area (Å²) in [6.07, 6.45) is -1.87. The molecule has 3 unspecified atom stereocenters.